The molecule has 0 aliphatic carbocycles. The fourth-order valence-electron chi connectivity index (χ4n) is 1.42. The van der Waals surface area contributed by atoms with Gasteiger partial charge in [0, 0.05) is 6.54 Å². The van der Waals surface area contributed by atoms with E-state index in [2.05, 4.69) is 12.2 Å². The number of esters is 1. The monoisotopic (exact) mass is 235 g/mol. The van der Waals surface area contributed by atoms with Crippen LogP contribution in [0.4, 0.5) is 0 Å². The van der Waals surface area contributed by atoms with E-state index < -0.39 is 0 Å². The van der Waals surface area contributed by atoms with Gasteiger partial charge in [-0.15, -0.1) is 0 Å². The van der Waals surface area contributed by atoms with Gasteiger partial charge in [-0.05, 0) is 32.0 Å². The topological polar surface area (TPSA) is 38.3 Å². The van der Waals surface area contributed by atoms with E-state index >= 15 is 0 Å². The number of ether oxygens (including phenoxy) is 1. The highest BCUT2D eigenvalue weighted by molar-refractivity contribution is 5.89. The minimum atomic E-state index is -0.248. The third kappa shape index (κ3) is 5.50. The Balaban J connectivity index is 2.19. The maximum Gasteiger partial charge on any atom is 0.338 e. The molecule has 17 heavy (non-hydrogen) atoms. The van der Waals surface area contributed by atoms with Crippen LogP contribution in [0.2, 0.25) is 0 Å². The summed E-state index contributed by atoms with van der Waals surface area (Å²) in [6, 6.07) is 7.41. The number of benzene rings is 1. The molecule has 1 aromatic rings. The maximum atomic E-state index is 11.6. The van der Waals surface area contributed by atoms with E-state index in [0.29, 0.717) is 12.2 Å². The highest BCUT2D eigenvalue weighted by Gasteiger charge is 2.05. The van der Waals surface area contributed by atoms with Gasteiger partial charge in [-0.3, -0.25) is 0 Å². The van der Waals surface area contributed by atoms with Crippen LogP contribution < -0.4 is 5.32 Å². The number of unbranched alkanes of at least 4 members (excludes halogenated alkanes) is 1. The fourth-order valence-corrected chi connectivity index (χ4v) is 1.42. The van der Waals surface area contributed by atoms with E-state index in [1.807, 2.05) is 19.1 Å². The van der Waals surface area contributed by atoms with E-state index in [1.165, 1.54) is 6.42 Å². The van der Waals surface area contributed by atoms with Crippen LogP contribution in [0.15, 0.2) is 24.3 Å². The second-order valence-electron chi connectivity index (χ2n) is 4.11. The first-order valence-corrected chi connectivity index (χ1v) is 6.18. The molecule has 3 heteroatoms. The average Bonchev–Trinajstić information content (AvgIpc) is 2.34. The third-order valence-electron chi connectivity index (χ3n) is 2.51. The molecule has 0 saturated heterocycles. The highest BCUT2D eigenvalue weighted by atomic mass is 16.5. The van der Waals surface area contributed by atoms with Gasteiger partial charge in [0.2, 0.25) is 0 Å². The van der Waals surface area contributed by atoms with Gasteiger partial charge in [0.15, 0.2) is 0 Å². The van der Waals surface area contributed by atoms with Crippen molar-refractivity contribution in [2.45, 2.75) is 26.7 Å². The minimum absolute atomic E-state index is 0.248. The Morgan fingerprint density at radius 1 is 1.24 bits per heavy atom. The van der Waals surface area contributed by atoms with Gasteiger partial charge in [0.1, 0.15) is 6.61 Å². The number of nitrogens with one attached hydrogen (secondary N) is 1. The van der Waals surface area contributed by atoms with Crippen molar-refractivity contribution in [2.24, 2.45) is 0 Å². The van der Waals surface area contributed by atoms with E-state index in [9.17, 15) is 4.79 Å². The molecule has 0 atom stereocenters. The van der Waals surface area contributed by atoms with Crippen molar-refractivity contribution in [1.29, 1.82) is 0 Å². The molecular weight excluding hydrogens is 214 g/mol. The summed E-state index contributed by atoms with van der Waals surface area (Å²) >= 11 is 0. The van der Waals surface area contributed by atoms with Gasteiger partial charge in [-0.2, -0.15) is 0 Å². The lowest BCUT2D eigenvalue weighted by molar-refractivity contribution is 0.0508. The Kier molecular flexibility index (Phi) is 6.33. The predicted molar refractivity (Wildman–Crippen MR) is 69.2 cm³/mol. The van der Waals surface area contributed by atoms with Crippen molar-refractivity contribution >= 4 is 5.97 Å². The number of carbonyl (C=O) groups excluding carboxylic acids is 1. The van der Waals surface area contributed by atoms with E-state index in [4.69, 9.17) is 4.74 Å². The van der Waals surface area contributed by atoms with Crippen LogP contribution in [0.3, 0.4) is 0 Å². The van der Waals surface area contributed by atoms with Crippen LogP contribution in [-0.4, -0.2) is 25.7 Å². The number of aryl methyl sites for hydroxylation is 1. The predicted octanol–water partition coefficient (Wildman–Crippen LogP) is 2.54. The Labute approximate surface area is 103 Å². The van der Waals surface area contributed by atoms with Crippen LogP contribution in [0, 0.1) is 6.92 Å². The first kappa shape index (κ1) is 13.7. The molecule has 0 aliphatic rings. The molecule has 0 saturated carbocycles. The smallest absolute Gasteiger partial charge is 0.338 e. The number of hydrogen-bond donors (Lipinski definition) is 1. The molecule has 1 aromatic carbocycles. The molecule has 3 nitrogen and oxygen atoms in total. The van der Waals surface area contributed by atoms with Crippen LogP contribution in [0.5, 0.6) is 0 Å². The van der Waals surface area contributed by atoms with E-state index in [-0.39, 0.29) is 5.97 Å². The molecule has 0 unspecified atom stereocenters. The van der Waals surface area contributed by atoms with Crippen molar-refractivity contribution in [3.05, 3.63) is 35.4 Å². The van der Waals surface area contributed by atoms with E-state index in [0.717, 1.165) is 25.1 Å². The number of hydrogen-bond acceptors (Lipinski definition) is 3. The summed E-state index contributed by atoms with van der Waals surface area (Å²) in [5, 5.41) is 3.23. The molecule has 0 fully saturated rings. The van der Waals surface area contributed by atoms with E-state index in [1.54, 1.807) is 12.1 Å². The first-order chi connectivity index (χ1) is 8.24. The second kappa shape index (κ2) is 7.85. The lowest BCUT2D eigenvalue weighted by Crippen LogP contribution is -2.22. The molecule has 0 aliphatic heterocycles. The molecule has 0 spiro atoms. The first-order valence-electron chi connectivity index (χ1n) is 6.18. The highest BCUT2D eigenvalue weighted by Crippen LogP contribution is 2.04. The minimum Gasteiger partial charge on any atom is -0.461 e. The van der Waals surface area contributed by atoms with Gasteiger partial charge in [-0.25, -0.2) is 4.79 Å². The van der Waals surface area contributed by atoms with Crippen LogP contribution in [0.25, 0.3) is 0 Å². The van der Waals surface area contributed by atoms with Crippen LogP contribution >= 0.6 is 0 Å². The van der Waals surface area contributed by atoms with Gasteiger partial charge in [0.25, 0.3) is 0 Å². The summed E-state index contributed by atoms with van der Waals surface area (Å²) in [7, 11) is 0. The van der Waals surface area contributed by atoms with Crippen molar-refractivity contribution in [2.75, 3.05) is 19.7 Å². The molecule has 1 rings (SSSR count). The van der Waals surface area contributed by atoms with Crippen LogP contribution in [-0.2, 0) is 4.74 Å². The Hall–Kier alpha value is -1.35. The normalized spacial score (nSPS) is 10.2. The quantitative estimate of drug-likeness (QED) is 0.583. The number of carbonyl (C=O) groups is 1. The lowest BCUT2D eigenvalue weighted by Gasteiger charge is -2.06. The maximum absolute atomic E-state index is 11.6. The van der Waals surface area contributed by atoms with Gasteiger partial charge in [-0.1, -0.05) is 31.0 Å². The van der Waals surface area contributed by atoms with Gasteiger partial charge >= 0.3 is 5.97 Å². The van der Waals surface area contributed by atoms with Crippen molar-refractivity contribution < 1.29 is 9.53 Å². The van der Waals surface area contributed by atoms with Crippen molar-refractivity contribution in [1.82, 2.24) is 5.32 Å². The molecule has 0 heterocycles. The summed E-state index contributed by atoms with van der Waals surface area (Å²) in [4.78, 5) is 11.6. The van der Waals surface area contributed by atoms with Crippen molar-refractivity contribution in [3.63, 3.8) is 0 Å². The second-order valence-corrected chi connectivity index (χ2v) is 4.11. The largest absolute Gasteiger partial charge is 0.461 e. The molecule has 0 aromatic heterocycles. The van der Waals surface area contributed by atoms with Gasteiger partial charge < -0.3 is 10.1 Å². The zero-order chi connectivity index (χ0) is 12.5. The zero-order valence-electron chi connectivity index (χ0n) is 10.7. The summed E-state index contributed by atoms with van der Waals surface area (Å²) < 4.78 is 5.15. The number of rotatable bonds is 7. The molecular formula is C14H21NO2. The summed E-state index contributed by atoms with van der Waals surface area (Å²) in [5.41, 5.74) is 1.76. The summed E-state index contributed by atoms with van der Waals surface area (Å²) in [6.07, 6.45) is 2.34. The SMILES string of the molecule is CCCCNCCOC(=O)c1ccc(C)cc1. The Bertz CT molecular complexity index is 333. The molecule has 1 N–H and O–H groups in total. The van der Waals surface area contributed by atoms with Crippen LogP contribution in [0.1, 0.15) is 35.7 Å². The lowest BCUT2D eigenvalue weighted by atomic mass is 10.1. The third-order valence-corrected chi connectivity index (χ3v) is 2.51. The Morgan fingerprint density at radius 2 is 1.94 bits per heavy atom. The summed E-state index contributed by atoms with van der Waals surface area (Å²) in [6.45, 7) is 6.28. The molecule has 0 amide bonds. The summed E-state index contributed by atoms with van der Waals surface area (Å²) in [5.74, 6) is -0.248. The zero-order valence-corrected chi connectivity index (χ0v) is 10.7. The molecule has 0 radical (unpaired) electrons. The average molecular weight is 235 g/mol. The Morgan fingerprint density at radius 3 is 2.59 bits per heavy atom. The standard InChI is InChI=1S/C14H21NO2/c1-3-4-9-15-10-11-17-14(16)13-7-5-12(2)6-8-13/h5-8,15H,3-4,9-11H2,1-2H3. The fraction of sp³-hybridized carbons (Fsp3) is 0.500. The molecule has 0 bridgehead atoms. The van der Waals surface area contributed by atoms with Gasteiger partial charge in [0.05, 0.1) is 5.56 Å². The van der Waals surface area contributed by atoms with Crippen molar-refractivity contribution in [3.8, 4) is 0 Å². The molecule has 94 valence electrons.